The van der Waals surface area contributed by atoms with Gasteiger partial charge in [0.15, 0.2) is 0 Å². The zero-order chi connectivity index (χ0) is 40.5. The van der Waals surface area contributed by atoms with Crippen LogP contribution in [0.25, 0.3) is 55.3 Å². The Kier molecular flexibility index (Phi) is 6.99. The summed E-state index contributed by atoms with van der Waals surface area (Å²) in [5.41, 5.74) is 19.4. The third-order valence-corrected chi connectivity index (χ3v) is 13.7. The van der Waals surface area contributed by atoms with Crippen LogP contribution < -0.4 is 9.64 Å². The maximum Gasteiger partial charge on any atom is 0.136 e. The summed E-state index contributed by atoms with van der Waals surface area (Å²) in [7, 11) is 0. The molecule has 9 aromatic carbocycles. The van der Waals surface area contributed by atoms with Crippen LogP contribution in [-0.2, 0) is 10.8 Å². The molecule has 0 bridgehead atoms. The Bertz CT molecular complexity index is 3400. The van der Waals surface area contributed by atoms with Crippen LogP contribution in [0.2, 0.25) is 0 Å². The van der Waals surface area contributed by atoms with E-state index in [0.29, 0.717) is 0 Å². The highest BCUT2D eigenvalue weighted by Crippen LogP contribution is 2.63. The molecule has 3 heteroatoms. The molecule has 0 saturated carbocycles. The molecule has 0 fully saturated rings. The molecule has 2 aliphatic carbocycles. The molecule has 1 spiro atoms. The fourth-order valence-corrected chi connectivity index (χ4v) is 11.1. The molecule has 0 N–H and O–H groups in total. The highest BCUT2D eigenvalue weighted by Gasteiger charge is 2.51. The second-order valence-corrected chi connectivity index (χ2v) is 17.2. The van der Waals surface area contributed by atoms with Crippen LogP contribution in [0.3, 0.4) is 0 Å². The van der Waals surface area contributed by atoms with Gasteiger partial charge >= 0.3 is 0 Å². The van der Waals surface area contributed by atoms with Crippen molar-refractivity contribution in [3.8, 4) is 44.9 Å². The monoisotopic (exact) mass is 781 g/mol. The van der Waals surface area contributed by atoms with E-state index in [-0.39, 0.29) is 5.41 Å². The molecule has 61 heavy (non-hydrogen) atoms. The van der Waals surface area contributed by atoms with Gasteiger partial charge in [-0.2, -0.15) is 0 Å². The molecule has 13 rings (SSSR count). The third kappa shape index (κ3) is 4.63. The third-order valence-electron chi connectivity index (χ3n) is 13.7. The van der Waals surface area contributed by atoms with Gasteiger partial charge in [-0.1, -0.05) is 147 Å². The number of rotatable bonds is 4. The Labute approximate surface area is 354 Å². The van der Waals surface area contributed by atoms with Crippen molar-refractivity contribution in [3.63, 3.8) is 0 Å². The van der Waals surface area contributed by atoms with Crippen molar-refractivity contribution < 1.29 is 9.15 Å². The number of nitrogens with zero attached hydrogens (tertiary/aromatic N) is 1. The van der Waals surface area contributed by atoms with Crippen molar-refractivity contribution in [3.05, 3.63) is 234 Å². The SMILES string of the molecule is CC1(C)c2ccccc2-c2ccc(N(c3ccccc3)c3cccc(-c4ccc5c(c4)oc4ccc6c(c45)-c4ccccc4C64c5ccccc5Oc5ccccc54)c3)cc21. The van der Waals surface area contributed by atoms with Crippen LogP contribution in [0.5, 0.6) is 11.5 Å². The number of fused-ring (bicyclic) bond motifs is 16. The van der Waals surface area contributed by atoms with Gasteiger partial charge in [-0.15, -0.1) is 0 Å². The Balaban J connectivity index is 0.958. The van der Waals surface area contributed by atoms with Crippen LogP contribution in [-0.4, -0.2) is 0 Å². The molecule has 288 valence electrons. The first-order chi connectivity index (χ1) is 30.0. The van der Waals surface area contributed by atoms with Crippen molar-refractivity contribution in [2.75, 3.05) is 4.90 Å². The van der Waals surface area contributed by atoms with Crippen LogP contribution >= 0.6 is 0 Å². The van der Waals surface area contributed by atoms with Gasteiger partial charge in [0.05, 0.1) is 5.41 Å². The van der Waals surface area contributed by atoms with Crippen LogP contribution in [0.15, 0.2) is 205 Å². The van der Waals surface area contributed by atoms with Gasteiger partial charge in [0.2, 0.25) is 0 Å². The number of furan rings is 1. The molecule has 0 amide bonds. The summed E-state index contributed by atoms with van der Waals surface area (Å²) in [6, 6.07) is 72.6. The van der Waals surface area contributed by atoms with E-state index in [2.05, 4.69) is 219 Å². The van der Waals surface area contributed by atoms with Gasteiger partial charge in [0.1, 0.15) is 22.7 Å². The summed E-state index contributed by atoms with van der Waals surface area (Å²) in [4.78, 5) is 2.38. The molecule has 10 aromatic rings. The number of ether oxygens (including phenoxy) is 1. The van der Waals surface area contributed by atoms with E-state index in [0.717, 1.165) is 72.8 Å². The lowest BCUT2D eigenvalue weighted by Gasteiger charge is -2.39. The van der Waals surface area contributed by atoms with Crippen molar-refractivity contribution in [1.82, 2.24) is 0 Å². The Morgan fingerprint density at radius 3 is 1.80 bits per heavy atom. The summed E-state index contributed by atoms with van der Waals surface area (Å²) in [5, 5.41) is 2.26. The topological polar surface area (TPSA) is 25.6 Å². The second-order valence-electron chi connectivity index (χ2n) is 17.2. The lowest BCUT2D eigenvalue weighted by Crippen LogP contribution is -2.32. The quantitative estimate of drug-likeness (QED) is 0.178. The minimum atomic E-state index is -0.529. The van der Waals surface area contributed by atoms with Crippen LogP contribution in [0.1, 0.15) is 47.2 Å². The average Bonchev–Trinajstić information content (AvgIpc) is 3.90. The summed E-state index contributed by atoms with van der Waals surface area (Å²) in [6.45, 7) is 4.69. The van der Waals surface area contributed by atoms with Crippen molar-refractivity contribution in [2.24, 2.45) is 0 Å². The number of benzene rings is 9. The normalized spacial score (nSPS) is 14.5. The van der Waals surface area contributed by atoms with Gasteiger partial charge in [0.25, 0.3) is 0 Å². The lowest BCUT2D eigenvalue weighted by atomic mass is 9.66. The summed E-state index contributed by atoms with van der Waals surface area (Å²) < 4.78 is 13.4. The molecule has 1 aliphatic heterocycles. The number of para-hydroxylation sites is 3. The fraction of sp³-hybridized carbons (Fsp3) is 0.0690. The fourth-order valence-electron chi connectivity index (χ4n) is 11.1. The molecule has 0 atom stereocenters. The van der Waals surface area contributed by atoms with E-state index in [1.807, 2.05) is 0 Å². The van der Waals surface area contributed by atoms with E-state index in [1.54, 1.807) is 0 Å². The molecule has 0 saturated heterocycles. The van der Waals surface area contributed by atoms with E-state index >= 15 is 0 Å². The number of anilines is 3. The number of hydrogen-bond acceptors (Lipinski definition) is 3. The van der Waals surface area contributed by atoms with E-state index in [1.165, 1.54) is 44.5 Å². The van der Waals surface area contributed by atoms with Gasteiger partial charge in [-0.25, -0.2) is 0 Å². The predicted octanol–water partition coefficient (Wildman–Crippen LogP) is 15.5. The standard InChI is InChI=1S/C58H39NO2/c1-57(2)45-21-8-6-19-41(45)42-30-28-40(35-50(42)57)59(38-16-4-3-5-17-38)39-18-14-15-36(33-39)37-27-29-44-54(34-37)61-53-32-31-49-55(56(44)53)43-20-7-9-22-46(43)58(49)47-23-10-12-25-51(47)60-52-26-13-11-24-48(52)58/h3-35H,1-2H3. The van der Waals surface area contributed by atoms with Gasteiger partial charge in [-0.05, 0) is 122 Å². The smallest absolute Gasteiger partial charge is 0.136 e. The summed E-state index contributed by atoms with van der Waals surface area (Å²) in [5.74, 6) is 1.79. The zero-order valence-electron chi connectivity index (χ0n) is 33.8. The summed E-state index contributed by atoms with van der Waals surface area (Å²) >= 11 is 0. The van der Waals surface area contributed by atoms with Crippen molar-refractivity contribution >= 4 is 39.0 Å². The van der Waals surface area contributed by atoms with Crippen molar-refractivity contribution in [1.29, 1.82) is 0 Å². The van der Waals surface area contributed by atoms with Gasteiger partial charge in [0, 0.05) is 44.4 Å². The molecular formula is C58H39NO2. The molecule has 0 radical (unpaired) electrons. The maximum absolute atomic E-state index is 6.84. The zero-order valence-corrected chi connectivity index (χ0v) is 33.8. The first-order valence-corrected chi connectivity index (χ1v) is 21.2. The summed E-state index contributed by atoms with van der Waals surface area (Å²) in [6.07, 6.45) is 0. The maximum atomic E-state index is 6.84. The Hall–Kier alpha value is -7.62. The van der Waals surface area contributed by atoms with E-state index in [9.17, 15) is 0 Å². The lowest BCUT2D eigenvalue weighted by molar-refractivity contribution is 0.436. The van der Waals surface area contributed by atoms with E-state index < -0.39 is 5.41 Å². The van der Waals surface area contributed by atoms with Gasteiger partial charge in [-0.3, -0.25) is 0 Å². The Morgan fingerprint density at radius 1 is 0.393 bits per heavy atom. The Morgan fingerprint density at radius 2 is 1.02 bits per heavy atom. The predicted molar refractivity (Wildman–Crippen MR) is 249 cm³/mol. The average molecular weight is 782 g/mol. The molecular weight excluding hydrogens is 743 g/mol. The molecule has 0 unspecified atom stereocenters. The van der Waals surface area contributed by atoms with Crippen LogP contribution in [0, 0.1) is 0 Å². The highest BCUT2D eigenvalue weighted by atomic mass is 16.5. The van der Waals surface area contributed by atoms with E-state index in [4.69, 9.17) is 9.15 Å². The van der Waals surface area contributed by atoms with Crippen LogP contribution in [0.4, 0.5) is 17.1 Å². The molecule has 1 aromatic heterocycles. The second kappa shape index (κ2) is 12.5. The minimum Gasteiger partial charge on any atom is -0.457 e. The molecule has 3 aliphatic rings. The first kappa shape index (κ1) is 34.3. The first-order valence-electron chi connectivity index (χ1n) is 21.2. The largest absolute Gasteiger partial charge is 0.457 e. The highest BCUT2D eigenvalue weighted by molar-refractivity contribution is 6.16. The van der Waals surface area contributed by atoms with Crippen molar-refractivity contribution in [2.45, 2.75) is 24.7 Å². The molecule has 2 heterocycles. The molecule has 3 nitrogen and oxygen atoms in total. The minimum absolute atomic E-state index is 0.100. The van der Waals surface area contributed by atoms with Gasteiger partial charge < -0.3 is 14.1 Å². The number of hydrogen-bond donors (Lipinski definition) is 0.